The van der Waals surface area contributed by atoms with E-state index in [2.05, 4.69) is 15.3 Å². The van der Waals surface area contributed by atoms with Crippen LogP contribution in [0.25, 0.3) is 10.9 Å². The molecule has 1 aromatic carbocycles. The maximum absolute atomic E-state index is 14.9. The molecule has 1 aliphatic heterocycles. The maximum atomic E-state index is 14.9. The molecule has 0 spiro atoms. The molecule has 3 aromatic rings. The van der Waals surface area contributed by atoms with Crippen molar-refractivity contribution >= 4 is 22.4 Å². The molecular formula is C26H29F4N5O2. The minimum Gasteiger partial charge on any atom is -0.375 e. The number of anilines is 2. The zero-order valence-electron chi connectivity index (χ0n) is 20.9. The van der Waals surface area contributed by atoms with Gasteiger partial charge in [-0.2, -0.15) is 0 Å². The van der Waals surface area contributed by atoms with Gasteiger partial charge in [0.05, 0.1) is 35.2 Å². The normalized spacial score (nSPS) is 19.9. The molecule has 5 rings (SSSR count). The molecule has 0 amide bonds. The van der Waals surface area contributed by atoms with Gasteiger partial charge in [-0.05, 0) is 33.6 Å². The Bertz CT molecular complexity index is 1390. The van der Waals surface area contributed by atoms with E-state index < -0.39 is 36.1 Å². The van der Waals surface area contributed by atoms with Crippen LogP contribution in [-0.4, -0.2) is 47.0 Å². The molecule has 2 aromatic heterocycles. The predicted octanol–water partition coefficient (Wildman–Crippen LogP) is 5.03. The van der Waals surface area contributed by atoms with Crippen molar-refractivity contribution in [1.82, 2.24) is 14.5 Å². The number of pyridine rings is 1. The third-order valence-corrected chi connectivity index (χ3v) is 7.22. The second kappa shape index (κ2) is 9.59. The number of benzene rings is 1. The van der Waals surface area contributed by atoms with Crippen LogP contribution in [0.15, 0.2) is 29.2 Å². The Morgan fingerprint density at radius 1 is 1.24 bits per heavy atom. The number of ether oxygens (including phenoxy) is 1. The van der Waals surface area contributed by atoms with Gasteiger partial charge in [0, 0.05) is 24.8 Å². The lowest BCUT2D eigenvalue weighted by Gasteiger charge is -2.33. The number of nitrogens with one attached hydrogen (secondary N) is 1. The van der Waals surface area contributed by atoms with Gasteiger partial charge in [-0.25, -0.2) is 27.5 Å². The third kappa shape index (κ3) is 4.54. The predicted molar refractivity (Wildman–Crippen MR) is 133 cm³/mol. The molecule has 0 radical (unpaired) electrons. The highest BCUT2D eigenvalue weighted by atomic mass is 19.3. The molecule has 2 atom stereocenters. The number of fused-ring (bicyclic) bond motifs is 1. The molecule has 1 saturated heterocycles. The largest absolute Gasteiger partial charge is 0.375 e. The van der Waals surface area contributed by atoms with E-state index in [-0.39, 0.29) is 17.2 Å². The van der Waals surface area contributed by atoms with Gasteiger partial charge < -0.3 is 19.5 Å². The van der Waals surface area contributed by atoms with Gasteiger partial charge in [0.1, 0.15) is 35.3 Å². The van der Waals surface area contributed by atoms with Gasteiger partial charge in [0.2, 0.25) is 0 Å². The zero-order valence-corrected chi connectivity index (χ0v) is 20.9. The number of alkyl halides is 3. The first-order valence-corrected chi connectivity index (χ1v) is 12.3. The summed E-state index contributed by atoms with van der Waals surface area (Å²) in [5, 5.41) is 3.60. The Labute approximate surface area is 211 Å². The highest BCUT2D eigenvalue weighted by Crippen LogP contribution is 2.44. The van der Waals surface area contributed by atoms with Crippen molar-refractivity contribution in [2.75, 3.05) is 36.6 Å². The number of aromatic nitrogens is 3. The molecule has 37 heavy (non-hydrogen) atoms. The molecular weight excluding hydrogens is 490 g/mol. The van der Waals surface area contributed by atoms with Crippen LogP contribution in [0.2, 0.25) is 0 Å². The van der Waals surface area contributed by atoms with E-state index >= 15 is 0 Å². The summed E-state index contributed by atoms with van der Waals surface area (Å²) >= 11 is 0. The third-order valence-electron chi connectivity index (χ3n) is 7.22. The van der Waals surface area contributed by atoms with Gasteiger partial charge in [-0.3, -0.25) is 4.79 Å². The van der Waals surface area contributed by atoms with Crippen LogP contribution in [0.1, 0.15) is 56.1 Å². The van der Waals surface area contributed by atoms with Crippen molar-refractivity contribution < 1.29 is 22.3 Å². The SMILES string of the molecule is Cc1nc(N[C@H](C)c2cccc(C(F)F)c2F)c2cn(C3(CF)CC3)c(=O)c(N3CCO[C@@H](C)C3)c2n1. The Kier molecular flexibility index (Phi) is 6.59. The van der Waals surface area contributed by atoms with Crippen LogP contribution in [0.3, 0.4) is 0 Å². The van der Waals surface area contributed by atoms with Crippen LogP contribution in [0.5, 0.6) is 0 Å². The average Bonchev–Trinajstić information content (AvgIpc) is 3.64. The molecule has 0 bridgehead atoms. The number of hydrogen-bond acceptors (Lipinski definition) is 6. The van der Waals surface area contributed by atoms with Crippen molar-refractivity contribution in [3.63, 3.8) is 0 Å². The Morgan fingerprint density at radius 3 is 2.62 bits per heavy atom. The molecule has 0 unspecified atom stereocenters. The molecule has 3 heterocycles. The highest BCUT2D eigenvalue weighted by molar-refractivity contribution is 5.97. The molecule has 1 aliphatic carbocycles. The number of nitrogens with zero attached hydrogens (tertiary/aromatic N) is 4. The molecule has 1 saturated carbocycles. The van der Waals surface area contributed by atoms with Gasteiger partial charge in [0.25, 0.3) is 12.0 Å². The number of aryl methyl sites for hydroxylation is 1. The number of rotatable bonds is 7. The fraction of sp³-hybridized carbons (Fsp3) is 0.500. The lowest BCUT2D eigenvalue weighted by molar-refractivity contribution is 0.0532. The summed E-state index contributed by atoms with van der Waals surface area (Å²) in [4.78, 5) is 24.8. The lowest BCUT2D eigenvalue weighted by atomic mass is 10.0. The second-order valence-corrected chi connectivity index (χ2v) is 9.94. The fourth-order valence-electron chi connectivity index (χ4n) is 4.99. The molecule has 1 N–H and O–H groups in total. The molecule has 11 heteroatoms. The number of halogens is 4. The van der Waals surface area contributed by atoms with Crippen molar-refractivity contribution in [3.05, 3.63) is 57.5 Å². The van der Waals surface area contributed by atoms with Crippen LogP contribution in [0, 0.1) is 12.7 Å². The van der Waals surface area contributed by atoms with Gasteiger partial charge in [-0.15, -0.1) is 0 Å². The van der Waals surface area contributed by atoms with E-state index in [1.54, 1.807) is 20.0 Å². The van der Waals surface area contributed by atoms with Crippen LogP contribution >= 0.6 is 0 Å². The zero-order chi connectivity index (χ0) is 26.5. The maximum Gasteiger partial charge on any atom is 0.276 e. The van der Waals surface area contributed by atoms with E-state index in [0.29, 0.717) is 60.8 Å². The summed E-state index contributed by atoms with van der Waals surface area (Å²) in [6.07, 6.45) is -0.425. The first kappa shape index (κ1) is 25.4. The molecule has 7 nitrogen and oxygen atoms in total. The monoisotopic (exact) mass is 519 g/mol. The van der Waals surface area contributed by atoms with Crippen LogP contribution < -0.4 is 15.8 Å². The van der Waals surface area contributed by atoms with E-state index in [1.165, 1.54) is 16.7 Å². The Balaban J connectivity index is 1.67. The summed E-state index contributed by atoms with van der Waals surface area (Å²) in [7, 11) is 0. The van der Waals surface area contributed by atoms with Crippen molar-refractivity contribution in [1.29, 1.82) is 0 Å². The van der Waals surface area contributed by atoms with E-state index in [0.717, 1.165) is 6.07 Å². The molecule has 2 fully saturated rings. The topological polar surface area (TPSA) is 72.3 Å². The van der Waals surface area contributed by atoms with Crippen molar-refractivity contribution in [3.8, 4) is 0 Å². The highest BCUT2D eigenvalue weighted by Gasteiger charge is 2.46. The Morgan fingerprint density at radius 2 is 1.97 bits per heavy atom. The van der Waals surface area contributed by atoms with E-state index in [4.69, 9.17) is 4.74 Å². The van der Waals surface area contributed by atoms with E-state index in [1.807, 2.05) is 11.8 Å². The summed E-state index contributed by atoms with van der Waals surface area (Å²) in [5.74, 6) is -0.306. The summed E-state index contributed by atoms with van der Waals surface area (Å²) in [6, 6.07) is 3.14. The molecule has 2 aliphatic rings. The minimum absolute atomic E-state index is 0.0557. The first-order chi connectivity index (χ1) is 17.6. The quantitative estimate of drug-likeness (QED) is 0.442. The molecule has 198 valence electrons. The second-order valence-electron chi connectivity index (χ2n) is 9.94. The van der Waals surface area contributed by atoms with Crippen LogP contribution in [0.4, 0.5) is 29.1 Å². The Hall–Kier alpha value is -3.21. The first-order valence-electron chi connectivity index (χ1n) is 12.3. The summed E-state index contributed by atoms with van der Waals surface area (Å²) < 4.78 is 62.7. The van der Waals surface area contributed by atoms with E-state index in [9.17, 15) is 22.4 Å². The van der Waals surface area contributed by atoms with Crippen molar-refractivity contribution in [2.45, 2.75) is 57.7 Å². The van der Waals surface area contributed by atoms with Gasteiger partial charge in [-0.1, -0.05) is 18.2 Å². The fourth-order valence-corrected chi connectivity index (χ4v) is 4.99. The number of hydrogen-bond donors (Lipinski definition) is 1. The van der Waals surface area contributed by atoms with Crippen LogP contribution in [-0.2, 0) is 10.3 Å². The average molecular weight is 520 g/mol. The summed E-state index contributed by atoms with van der Waals surface area (Å²) in [6.45, 7) is 5.90. The van der Waals surface area contributed by atoms with Gasteiger partial charge in [0.15, 0.2) is 0 Å². The smallest absolute Gasteiger partial charge is 0.276 e. The van der Waals surface area contributed by atoms with Gasteiger partial charge >= 0.3 is 0 Å². The summed E-state index contributed by atoms with van der Waals surface area (Å²) in [5.41, 5.74) is -1.12. The lowest BCUT2D eigenvalue weighted by Crippen LogP contribution is -2.45. The number of morpholine rings is 1. The minimum atomic E-state index is -2.95. The van der Waals surface area contributed by atoms with Crippen molar-refractivity contribution in [2.24, 2.45) is 0 Å². The standard InChI is InChI=1S/C26H29F4N5O2/c1-14-11-34(9-10-37-14)22-21-19(12-35(25(22)36)26(13-27)7-8-26)24(33-16(3)32-21)31-15(2)17-5-4-6-18(20(17)28)23(29)30/h4-6,12,14-15,23H,7-11,13H2,1-3H3,(H,31,32,33)/t14-,15+/m0/s1.